The quantitative estimate of drug-likeness (QED) is 0.269. The van der Waals surface area contributed by atoms with Gasteiger partial charge in [-0.2, -0.15) is 0 Å². The molecular formula is C34H36ClN3O2. The van der Waals surface area contributed by atoms with E-state index in [9.17, 15) is 9.59 Å². The minimum atomic E-state index is -0.621. The molecule has 1 heterocycles. The van der Waals surface area contributed by atoms with Gasteiger partial charge in [-0.3, -0.25) is 9.59 Å². The number of halogens is 1. The molecule has 0 spiro atoms. The van der Waals surface area contributed by atoms with E-state index < -0.39 is 6.04 Å². The lowest BCUT2D eigenvalue weighted by atomic mass is 9.99. The number of carbonyl (C=O) groups excluding carboxylic acids is 2. The van der Waals surface area contributed by atoms with Crippen molar-refractivity contribution in [2.75, 3.05) is 19.6 Å². The predicted octanol–water partition coefficient (Wildman–Crippen LogP) is 5.59. The van der Waals surface area contributed by atoms with Crippen molar-refractivity contribution >= 4 is 34.2 Å². The Morgan fingerprint density at radius 3 is 2.40 bits per heavy atom. The molecule has 4 aromatic carbocycles. The maximum atomic E-state index is 13.8. The number of fused-ring (bicyclic) bond motifs is 1. The summed E-state index contributed by atoms with van der Waals surface area (Å²) in [6.07, 6.45) is 3.21. The van der Waals surface area contributed by atoms with Gasteiger partial charge in [0.15, 0.2) is 0 Å². The minimum Gasteiger partial charge on any atom is -0.344 e. The van der Waals surface area contributed by atoms with E-state index in [0.29, 0.717) is 31.0 Å². The summed E-state index contributed by atoms with van der Waals surface area (Å²) in [6.45, 7) is 1.95. The van der Waals surface area contributed by atoms with E-state index in [-0.39, 0.29) is 17.9 Å². The van der Waals surface area contributed by atoms with Crippen LogP contribution in [-0.4, -0.2) is 48.4 Å². The van der Waals surface area contributed by atoms with Crippen LogP contribution in [0.3, 0.4) is 0 Å². The van der Waals surface area contributed by atoms with Gasteiger partial charge in [-0.05, 0) is 58.9 Å². The normalized spacial score (nSPS) is 16.0. The van der Waals surface area contributed by atoms with Crippen LogP contribution in [0, 0.1) is 0 Å². The molecule has 0 aliphatic carbocycles. The molecule has 1 aliphatic rings. The second-order valence-corrected chi connectivity index (χ2v) is 11.0. The van der Waals surface area contributed by atoms with Crippen LogP contribution >= 0.6 is 11.6 Å². The lowest BCUT2D eigenvalue weighted by Crippen LogP contribution is -2.58. The number of aryl methyl sites for hydroxylation is 1. The molecule has 6 heteroatoms. The van der Waals surface area contributed by atoms with Gasteiger partial charge in [-0.15, -0.1) is 0 Å². The highest BCUT2D eigenvalue weighted by atomic mass is 35.5. The summed E-state index contributed by atoms with van der Waals surface area (Å²) in [6, 6.07) is 32.1. The third-order valence-corrected chi connectivity index (χ3v) is 7.81. The Morgan fingerprint density at radius 2 is 1.60 bits per heavy atom. The van der Waals surface area contributed by atoms with Crippen LogP contribution in [0.2, 0.25) is 5.02 Å². The Kier molecular flexibility index (Phi) is 9.48. The number of piperazine rings is 1. The number of benzene rings is 4. The molecule has 5 rings (SSSR count). The van der Waals surface area contributed by atoms with Gasteiger partial charge in [0.1, 0.15) is 6.04 Å². The van der Waals surface area contributed by atoms with Crippen molar-refractivity contribution < 1.29 is 9.59 Å². The monoisotopic (exact) mass is 553 g/mol. The van der Waals surface area contributed by atoms with E-state index in [0.717, 1.165) is 31.4 Å². The highest BCUT2D eigenvalue weighted by molar-refractivity contribution is 6.30. The second kappa shape index (κ2) is 13.6. The van der Waals surface area contributed by atoms with E-state index in [4.69, 9.17) is 11.6 Å². The highest BCUT2D eigenvalue weighted by Gasteiger charge is 2.30. The number of nitrogens with one attached hydrogen (secondary N) is 2. The summed E-state index contributed by atoms with van der Waals surface area (Å²) in [5.41, 5.74) is 3.42. The largest absolute Gasteiger partial charge is 0.344 e. The summed E-state index contributed by atoms with van der Waals surface area (Å²) in [7, 11) is 0. The van der Waals surface area contributed by atoms with Crippen molar-refractivity contribution in [1.29, 1.82) is 0 Å². The molecule has 1 fully saturated rings. The molecule has 0 radical (unpaired) electrons. The van der Waals surface area contributed by atoms with Gasteiger partial charge in [0, 0.05) is 43.5 Å². The molecule has 4 aromatic rings. The van der Waals surface area contributed by atoms with Crippen molar-refractivity contribution in [3.05, 3.63) is 119 Å². The van der Waals surface area contributed by atoms with Crippen LogP contribution in [0.4, 0.5) is 0 Å². The SMILES string of the molecule is O=C(CCCc1ccccc1)N[C@H](Cc1ccc(Cl)cc1)C(=O)N1CCNC(Cc2ccc3ccccc3c2)C1. The van der Waals surface area contributed by atoms with Gasteiger partial charge >= 0.3 is 0 Å². The Morgan fingerprint density at radius 1 is 0.875 bits per heavy atom. The maximum absolute atomic E-state index is 13.8. The van der Waals surface area contributed by atoms with Crippen LogP contribution in [0.1, 0.15) is 29.5 Å². The number of carbonyl (C=O) groups is 2. The van der Waals surface area contributed by atoms with Gasteiger partial charge in [-0.25, -0.2) is 0 Å². The molecule has 1 aliphatic heterocycles. The summed E-state index contributed by atoms with van der Waals surface area (Å²) >= 11 is 6.09. The molecule has 1 unspecified atom stereocenters. The maximum Gasteiger partial charge on any atom is 0.245 e. The minimum absolute atomic E-state index is 0.0311. The summed E-state index contributed by atoms with van der Waals surface area (Å²) in [4.78, 5) is 28.7. The van der Waals surface area contributed by atoms with Crippen molar-refractivity contribution in [1.82, 2.24) is 15.5 Å². The fourth-order valence-corrected chi connectivity index (χ4v) is 5.58. The number of hydrogen-bond acceptors (Lipinski definition) is 3. The van der Waals surface area contributed by atoms with E-state index in [1.54, 1.807) is 0 Å². The molecule has 2 N–H and O–H groups in total. The summed E-state index contributed by atoms with van der Waals surface area (Å²) < 4.78 is 0. The number of nitrogens with zero attached hydrogens (tertiary/aromatic N) is 1. The Bertz CT molecular complexity index is 1420. The Labute approximate surface area is 241 Å². The third-order valence-electron chi connectivity index (χ3n) is 7.56. The van der Waals surface area contributed by atoms with Crippen molar-refractivity contribution in [3.8, 4) is 0 Å². The Balaban J connectivity index is 1.23. The van der Waals surface area contributed by atoms with E-state index in [1.807, 2.05) is 47.4 Å². The van der Waals surface area contributed by atoms with Crippen LogP contribution in [0.25, 0.3) is 10.8 Å². The molecule has 206 valence electrons. The summed E-state index contributed by atoms with van der Waals surface area (Å²) in [5.74, 6) is -0.123. The average Bonchev–Trinajstić information content (AvgIpc) is 2.98. The lowest BCUT2D eigenvalue weighted by Gasteiger charge is -2.36. The topological polar surface area (TPSA) is 61.4 Å². The van der Waals surface area contributed by atoms with Crippen LogP contribution in [0.5, 0.6) is 0 Å². The van der Waals surface area contributed by atoms with Gasteiger partial charge in [0.2, 0.25) is 11.8 Å². The number of rotatable bonds is 10. The van der Waals surface area contributed by atoms with Crippen LogP contribution in [-0.2, 0) is 28.9 Å². The average molecular weight is 554 g/mol. The van der Waals surface area contributed by atoms with E-state index in [1.165, 1.54) is 21.9 Å². The molecular weight excluding hydrogens is 518 g/mol. The smallest absolute Gasteiger partial charge is 0.245 e. The molecule has 1 saturated heterocycles. The predicted molar refractivity (Wildman–Crippen MR) is 162 cm³/mol. The van der Waals surface area contributed by atoms with Crippen molar-refractivity contribution in [2.24, 2.45) is 0 Å². The molecule has 2 amide bonds. The van der Waals surface area contributed by atoms with Crippen molar-refractivity contribution in [2.45, 2.75) is 44.2 Å². The van der Waals surface area contributed by atoms with Gasteiger partial charge in [0.05, 0.1) is 0 Å². The number of amides is 2. The van der Waals surface area contributed by atoms with Crippen LogP contribution in [0.15, 0.2) is 97.1 Å². The molecule has 0 aromatic heterocycles. The zero-order chi connectivity index (χ0) is 27.7. The first-order valence-corrected chi connectivity index (χ1v) is 14.5. The fourth-order valence-electron chi connectivity index (χ4n) is 5.45. The van der Waals surface area contributed by atoms with Gasteiger partial charge < -0.3 is 15.5 Å². The van der Waals surface area contributed by atoms with Crippen LogP contribution < -0.4 is 10.6 Å². The van der Waals surface area contributed by atoms with Crippen molar-refractivity contribution in [3.63, 3.8) is 0 Å². The number of hydrogen-bond donors (Lipinski definition) is 2. The molecule has 0 bridgehead atoms. The van der Waals surface area contributed by atoms with E-state index >= 15 is 0 Å². The second-order valence-electron chi connectivity index (χ2n) is 10.6. The first-order chi connectivity index (χ1) is 19.5. The molecule has 2 atom stereocenters. The Hall–Kier alpha value is -3.67. The van der Waals surface area contributed by atoms with Gasteiger partial charge in [0.25, 0.3) is 0 Å². The zero-order valence-corrected chi connectivity index (χ0v) is 23.4. The molecule has 5 nitrogen and oxygen atoms in total. The standard InChI is InChI=1S/C34H36ClN3O2/c35-30-17-14-26(15-18-30)23-32(37-33(39)12-6-9-25-7-2-1-3-8-25)34(40)38-20-19-36-31(24-38)22-27-13-16-28-10-4-5-11-29(28)21-27/h1-5,7-8,10-11,13-18,21,31-32,36H,6,9,12,19-20,22-24H2,(H,37,39)/t31?,32-/m1/s1. The lowest BCUT2D eigenvalue weighted by molar-refractivity contribution is -0.137. The third kappa shape index (κ3) is 7.71. The first kappa shape index (κ1) is 27.9. The van der Waals surface area contributed by atoms with E-state index in [2.05, 4.69) is 65.2 Å². The first-order valence-electron chi connectivity index (χ1n) is 14.1. The zero-order valence-electron chi connectivity index (χ0n) is 22.7. The summed E-state index contributed by atoms with van der Waals surface area (Å²) in [5, 5.41) is 9.75. The molecule has 40 heavy (non-hydrogen) atoms. The fraction of sp³-hybridized carbons (Fsp3) is 0.294. The highest BCUT2D eigenvalue weighted by Crippen LogP contribution is 2.18. The van der Waals surface area contributed by atoms with Gasteiger partial charge in [-0.1, -0.05) is 96.5 Å². The molecule has 0 saturated carbocycles.